The van der Waals surface area contributed by atoms with Gasteiger partial charge in [-0.3, -0.25) is 4.72 Å². The Morgan fingerprint density at radius 3 is 2.08 bits per heavy atom. The van der Waals surface area contributed by atoms with Crippen molar-refractivity contribution < 1.29 is 31.1 Å². The van der Waals surface area contributed by atoms with Gasteiger partial charge in [0.05, 0.1) is 6.26 Å². The summed E-state index contributed by atoms with van der Waals surface area (Å²) >= 11 is 0. The molecule has 0 fully saturated rings. The standard InChI is InChI=1S/C15H14F3NO4S/c1-10-9-11(19-24(2,20)21)3-8-14(10)22-12-4-6-13(7-5-12)23-15(16,17)18/h3-9,19H,1-2H3. The van der Waals surface area contributed by atoms with Gasteiger partial charge in [0, 0.05) is 5.69 Å². The molecule has 0 saturated carbocycles. The molecule has 0 unspecified atom stereocenters. The van der Waals surface area contributed by atoms with Gasteiger partial charge in [-0.15, -0.1) is 13.2 Å². The summed E-state index contributed by atoms with van der Waals surface area (Å²) in [5, 5.41) is 0. The molecule has 0 aliphatic heterocycles. The van der Waals surface area contributed by atoms with Crippen molar-refractivity contribution in [1.82, 2.24) is 0 Å². The average Bonchev–Trinajstić information content (AvgIpc) is 2.40. The third-order valence-electron chi connectivity index (χ3n) is 2.76. The van der Waals surface area contributed by atoms with Crippen molar-refractivity contribution in [3.63, 3.8) is 0 Å². The molecule has 0 aromatic heterocycles. The third kappa shape index (κ3) is 5.65. The Kier molecular flexibility index (Phi) is 4.93. The lowest BCUT2D eigenvalue weighted by Gasteiger charge is -2.12. The van der Waals surface area contributed by atoms with Crippen molar-refractivity contribution in [3.05, 3.63) is 48.0 Å². The Hall–Kier alpha value is -2.42. The highest BCUT2D eigenvalue weighted by molar-refractivity contribution is 7.92. The quantitative estimate of drug-likeness (QED) is 0.872. The van der Waals surface area contributed by atoms with E-state index >= 15 is 0 Å². The van der Waals surface area contributed by atoms with Crippen LogP contribution in [0.15, 0.2) is 42.5 Å². The third-order valence-corrected chi connectivity index (χ3v) is 3.37. The Labute approximate surface area is 137 Å². The molecule has 2 aromatic rings. The van der Waals surface area contributed by atoms with Crippen LogP contribution in [0.25, 0.3) is 0 Å². The number of aryl methyl sites for hydroxylation is 1. The molecule has 0 spiro atoms. The predicted molar refractivity (Wildman–Crippen MR) is 82.8 cm³/mol. The van der Waals surface area contributed by atoms with Crippen LogP contribution in [0.1, 0.15) is 5.56 Å². The van der Waals surface area contributed by atoms with Crippen molar-refractivity contribution in [2.45, 2.75) is 13.3 Å². The van der Waals surface area contributed by atoms with E-state index in [0.717, 1.165) is 18.4 Å². The molecule has 0 bridgehead atoms. The van der Waals surface area contributed by atoms with E-state index in [1.807, 2.05) is 0 Å². The number of ether oxygens (including phenoxy) is 2. The first-order valence-corrected chi connectivity index (χ1v) is 8.53. The van der Waals surface area contributed by atoms with E-state index in [1.54, 1.807) is 19.1 Å². The van der Waals surface area contributed by atoms with Crippen molar-refractivity contribution in [2.24, 2.45) is 0 Å². The lowest BCUT2D eigenvalue weighted by atomic mass is 10.2. The highest BCUT2D eigenvalue weighted by Gasteiger charge is 2.30. The number of anilines is 1. The van der Waals surface area contributed by atoms with E-state index in [-0.39, 0.29) is 5.75 Å². The molecular weight excluding hydrogens is 347 g/mol. The van der Waals surface area contributed by atoms with E-state index in [2.05, 4.69) is 9.46 Å². The van der Waals surface area contributed by atoms with E-state index in [1.165, 1.54) is 18.2 Å². The summed E-state index contributed by atoms with van der Waals surface area (Å²) < 4.78 is 70.3. The van der Waals surface area contributed by atoms with Crippen LogP contribution in [0.3, 0.4) is 0 Å². The predicted octanol–water partition coefficient (Wildman–Crippen LogP) is 4.06. The Morgan fingerprint density at radius 2 is 1.58 bits per heavy atom. The van der Waals surface area contributed by atoms with Gasteiger partial charge in [0.25, 0.3) is 0 Å². The van der Waals surface area contributed by atoms with E-state index in [9.17, 15) is 21.6 Å². The van der Waals surface area contributed by atoms with Crippen molar-refractivity contribution in [1.29, 1.82) is 0 Å². The minimum absolute atomic E-state index is 0.316. The summed E-state index contributed by atoms with van der Waals surface area (Å²) in [6, 6.07) is 9.60. The number of hydrogen-bond donors (Lipinski definition) is 1. The van der Waals surface area contributed by atoms with Crippen LogP contribution in [-0.4, -0.2) is 21.0 Å². The molecule has 130 valence electrons. The second-order valence-corrected chi connectivity index (χ2v) is 6.72. The van der Waals surface area contributed by atoms with Crippen LogP contribution in [0.2, 0.25) is 0 Å². The van der Waals surface area contributed by atoms with Gasteiger partial charge in [-0.05, 0) is 55.0 Å². The van der Waals surface area contributed by atoms with Crippen LogP contribution in [0, 0.1) is 6.92 Å². The molecule has 0 radical (unpaired) electrons. The van der Waals surface area contributed by atoms with Crippen molar-refractivity contribution >= 4 is 15.7 Å². The number of halogens is 3. The summed E-state index contributed by atoms with van der Waals surface area (Å²) in [4.78, 5) is 0. The number of nitrogens with one attached hydrogen (secondary N) is 1. The molecule has 2 aromatic carbocycles. The van der Waals surface area contributed by atoms with Crippen molar-refractivity contribution in [2.75, 3.05) is 11.0 Å². The van der Waals surface area contributed by atoms with Crippen LogP contribution >= 0.6 is 0 Å². The first-order chi connectivity index (χ1) is 11.0. The summed E-state index contributed by atoms with van der Waals surface area (Å²) in [6.07, 6.45) is -3.71. The molecule has 0 saturated heterocycles. The largest absolute Gasteiger partial charge is 0.573 e. The molecule has 0 amide bonds. The van der Waals surface area contributed by atoms with Crippen LogP contribution in [0.5, 0.6) is 17.2 Å². The zero-order valence-corrected chi connectivity index (χ0v) is 13.5. The van der Waals surface area contributed by atoms with E-state index in [0.29, 0.717) is 22.7 Å². The van der Waals surface area contributed by atoms with Gasteiger partial charge < -0.3 is 9.47 Å². The number of rotatable bonds is 5. The lowest BCUT2D eigenvalue weighted by molar-refractivity contribution is -0.274. The molecule has 2 rings (SSSR count). The van der Waals surface area contributed by atoms with Gasteiger partial charge in [0.15, 0.2) is 0 Å². The molecular formula is C15H14F3NO4S. The second kappa shape index (κ2) is 6.60. The van der Waals surface area contributed by atoms with Gasteiger partial charge in [0.2, 0.25) is 10.0 Å². The molecule has 0 heterocycles. The molecule has 1 N–H and O–H groups in total. The Morgan fingerprint density at radius 1 is 1.00 bits per heavy atom. The van der Waals surface area contributed by atoms with Gasteiger partial charge in [-0.25, -0.2) is 8.42 Å². The summed E-state index contributed by atoms with van der Waals surface area (Å²) in [7, 11) is -3.38. The molecule has 0 aliphatic carbocycles. The van der Waals surface area contributed by atoms with Crippen LogP contribution < -0.4 is 14.2 Å². The van der Waals surface area contributed by atoms with Crippen LogP contribution in [0.4, 0.5) is 18.9 Å². The maximum absolute atomic E-state index is 12.1. The van der Waals surface area contributed by atoms with Gasteiger partial charge in [-0.2, -0.15) is 0 Å². The zero-order chi connectivity index (χ0) is 18.0. The normalized spacial score (nSPS) is 11.9. The molecule has 9 heteroatoms. The molecule has 0 aliphatic rings. The van der Waals surface area contributed by atoms with Gasteiger partial charge in [0.1, 0.15) is 17.2 Å². The molecule has 24 heavy (non-hydrogen) atoms. The van der Waals surface area contributed by atoms with E-state index in [4.69, 9.17) is 4.74 Å². The highest BCUT2D eigenvalue weighted by Crippen LogP contribution is 2.30. The zero-order valence-electron chi connectivity index (χ0n) is 12.7. The van der Waals surface area contributed by atoms with E-state index < -0.39 is 16.4 Å². The van der Waals surface area contributed by atoms with Crippen LogP contribution in [-0.2, 0) is 10.0 Å². The molecule has 5 nitrogen and oxygen atoms in total. The maximum Gasteiger partial charge on any atom is 0.573 e. The first-order valence-electron chi connectivity index (χ1n) is 6.64. The smallest absolute Gasteiger partial charge is 0.457 e. The number of alkyl halides is 3. The second-order valence-electron chi connectivity index (χ2n) is 4.98. The number of sulfonamides is 1. The lowest BCUT2D eigenvalue weighted by Crippen LogP contribution is -2.16. The SMILES string of the molecule is Cc1cc(NS(C)(=O)=O)ccc1Oc1ccc(OC(F)(F)F)cc1. The monoisotopic (exact) mass is 361 g/mol. The Balaban J connectivity index is 2.11. The summed E-state index contributed by atoms with van der Waals surface area (Å²) in [6.45, 7) is 1.71. The Bertz CT molecular complexity index is 818. The number of benzene rings is 2. The fourth-order valence-corrected chi connectivity index (χ4v) is 2.43. The fraction of sp³-hybridized carbons (Fsp3) is 0.200. The minimum Gasteiger partial charge on any atom is -0.457 e. The highest BCUT2D eigenvalue weighted by atomic mass is 32.2. The first kappa shape index (κ1) is 17.9. The van der Waals surface area contributed by atoms with Gasteiger partial charge in [-0.1, -0.05) is 0 Å². The molecule has 0 atom stereocenters. The van der Waals surface area contributed by atoms with Gasteiger partial charge >= 0.3 is 6.36 Å². The minimum atomic E-state index is -4.75. The van der Waals surface area contributed by atoms with Crippen molar-refractivity contribution in [3.8, 4) is 17.2 Å². The average molecular weight is 361 g/mol. The topological polar surface area (TPSA) is 64.6 Å². The maximum atomic E-state index is 12.1. The summed E-state index contributed by atoms with van der Waals surface area (Å²) in [5.41, 5.74) is 1.04. The fourth-order valence-electron chi connectivity index (χ4n) is 1.88. The number of hydrogen-bond acceptors (Lipinski definition) is 4. The summed E-state index contributed by atoms with van der Waals surface area (Å²) in [5.74, 6) is 0.411.